The van der Waals surface area contributed by atoms with E-state index in [4.69, 9.17) is 4.43 Å². The highest BCUT2D eigenvalue weighted by molar-refractivity contribution is 6.37. The van der Waals surface area contributed by atoms with Crippen LogP contribution in [0.4, 0.5) is 0 Å². The summed E-state index contributed by atoms with van der Waals surface area (Å²) in [5.41, 5.74) is 0. The summed E-state index contributed by atoms with van der Waals surface area (Å²) >= 11 is 0. The highest BCUT2D eigenvalue weighted by atomic mass is 28.2. The summed E-state index contributed by atoms with van der Waals surface area (Å²) in [7, 11) is 0.501. The minimum absolute atomic E-state index is 0.501. The molecule has 0 spiro atoms. The van der Waals surface area contributed by atoms with Gasteiger partial charge < -0.3 is 4.43 Å². The molecule has 0 aromatic heterocycles. The zero-order valence-electron chi connectivity index (χ0n) is 5.53. The average Bonchev–Trinajstić information content (AvgIpc) is 1.66. The SMILES string of the molecule is C=C(C)[Si]OCCC. The van der Waals surface area contributed by atoms with E-state index in [1.54, 1.807) is 0 Å². The molecule has 0 saturated carbocycles. The third kappa shape index (κ3) is 5.92. The normalized spacial score (nSPS) is 9.25. The van der Waals surface area contributed by atoms with Crippen molar-refractivity contribution in [3.8, 4) is 0 Å². The Morgan fingerprint density at radius 3 is 2.75 bits per heavy atom. The molecule has 0 aliphatic heterocycles. The maximum absolute atomic E-state index is 5.17. The van der Waals surface area contributed by atoms with Crippen molar-refractivity contribution in [1.29, 1.82) is 0 Å². The van der Waals surface area contributed by atoms with Crippen LogP contribution in [0.1, 0.15) is 20.3 Å². The second-order valence-electron chi connectivity index (χ2n) is 1.73. The first-order valence-corrected chi connectivity index (χ1v) is 3.71. The van der Waals surface area contributed by atoms with Crippen LogP contribution in [0.3, 0.4) is 0 Å². The van der Waals surface area contributed by atoms with Gasteiger partial charge >= 0.3 is 0 Å². The summed E-state index contributed by atoms with van der Waals surface area (Å²) in [4.78, 5) is 0. The van der Waals surface area contributed by atoms with Gasteiger partial charge in [-0.05, 0) is 13.3 Å². The van der Waals surface area contributed by atoms with Crippen LogP contribution in [0.5, 0.6) is 0 Å². The minimum atomic E-state index is 0.501. The lowest BCUT2D eigenvalue weighted by atomic mass is 10.5. The molecule has 2 radical (unpaired) electrons. The van der Waals surface area contributed by atoms with Crippen LogP contribution in [0, 0.1) is 0 Å². The highest BCUT2D eigenvalue weighted by Gasteiger charge is 1.87. The number of hydrogen-bond acceptors (Lipinski definition) is 1. The Morgan fingerprint density at radius 2 is 2.38 bits per heavy atom. The van der Waals surface area contributed by atoms with Gasteiger partial charge in [-0.1, -0.05) is 12.1 Å². The van der Waals surface area contributed by atoms with E-state index in [2.05, 4.69) is 13.5 Å². The van der Waals surface area contributed by atoms with Gasteiger partial charge in [0.15, 0.2) is 0 Å². The number of rotatable bonds is 4. The van der Waals surface area contributed by atoms with Gasteiger partial charge in [0.25, 0.3) is 9.76 Å². The van der Waals surface area contributed by atoms with Gasteiger partial charge in [-0.25, -0.2) is 0 Å². The Kier molecular flexibility index (Phi) is 5.01. The van der Waals surface area contributed by atoms with Crippen molar-refractivity contribution < 1.29 is 4.43 Å². The van der Waals surface area contributed by atoms with Gasteiger partial charge in [-0.3, -0.25) is 0 Å². The fourth-order valence-electron chi connectivity index (χ4n) is 0.276. The van der Waals surface area contributed by atoms with E-state index >= 15 is 0 Å². The van der Waals surface area contributed by atoms with Crippen LogP contribution in [0.25, 0.3) is 0 Å². The molecule has 8 heavy (non-hydrogen) atoms. The zero-order chi connectivity index (χ0) is 6.41. The van der Waals surface area contributed by atoms with E-state index in [-0.39, 0.29) is 0 Å². The smallest absolute Gasteiger partial charge is 0.263 e. The maximum atomic E-state index is 5.17. The maximum Gasteiger partial charge on any atom is 0.263 e. The molecule has 0 heterocycles. The number of hydrogen-bond donors (Lipinski definition) is 0. The van der Waals surface area contributed by atoms with Crippen molar-refractivity contribution in [2.75, 3.05) is 6.61 Å². The molecule has 0 fully saturated rings. The van der Waals surface area contributed by atoms with Crippen LogP contribution >= 0.6 is 0 Å². The first-order chi connectivity index (χ1) is 3.77. The van der Waals surface area contributed by atoms with Crippen molar-refractivity contribution >= 4 is 9.76 Å². The lowest BCUT2D eigenvalue weighted by Gasteiger charge is -1.96. The number of allylic oxidation sites excluding steroid dienone is 1. The fourth-order valence-corrected chi connectivity index (χ4v) is 0.829. The molecule has 0 atom stereocenters. The standard InChI is InChI=1S/C6H12OSi/c1-4-5-7-8-6(2)3/h2,4-5H2,1,3H3. The van der Waals surface area contributed by atoms with Crippen molar-refractivity contribution in [2.45, 2.75) is 20.3 Å². The Morgan fingerprint density at radius 1 is 1.75 bits per heavy atom. The molecule has 0 N–H and O–H groups in total. The van der Waals surface area contributed by atoms with E-state index < -0.39 is 0 Å². The molecule has 1 nitrogen and oxygen atoms in total. The molecule has 0 unspecified atom stereocenters. The molecule has 2 heteroatoms. The quantitative estimate of drug-likeness (QED) is 0.412. The fraction of sp³-hybridized carbons (Fsp3) is 0.667. The van der Waals surface area contributed by atoms with E-state index in [0.717, 1.165) is 18.2 Å². The highest BCUT2D eigenvalue weighted by Crippen LogP contribution is 1.84. The lowest BCUT2D eigenvalue weighted by Crippen LogP contribution is -1.99. The van der Waals surface area contributed by atoms with Gasteiger partial charge in [0.05, 0.1) is 0 Å². The van der Waals surface area contributed by atoms with E-state index in [1.807, 2.05) is 6.92 Å². The van der Waals surface area contributed by atoms with E-state index in [0.29, 0.717) is 9.76 Å². The van der Waals surface area contributed by atoms with E-state index in [9.17, 15) is 0 Å². The van der Waals surface area contributed by atoms with Gasteiger partial charge in [0, 0.05) is 6.61 Å². The summed E-state index contributed by atoms with van der Waals surface area (Å²) in [5, 5.41) is 1.12. The van der Waals surface area contributed by atoms with Crippen LogP contribution in [-0.4, -0.2) is 16.4 Å². The predicted octanol–water partition coefficient (Wildman–Crippen LogP) is 1.57. The third-order valence-corrected chi connectivity index (χ3v) is 1.25. The Balaban J connectivity index is 2.82. The van der Waals surface area contributed by atoms with Crippen molar-refractivity contribution in [1.82, 2.24) is 0 Å². The zero-order valence-corrected chi connectivity index (χ0v) is 6.53. The average molecular weight is 128 g/mol. The summed E-state index contributed by atoms with van der Waals surface area (Å²) in [6.45, 7) is 8.66. The van der Waals surface area contributed by atoms with Crippen LogP contribution in [-0.2, 0) is 4.43 Å². The van der Waals surface area contributed by atoms with Gasteiger partial charge in [-0.15, -0.1) is 6.58 Å². The van der Waals surface area contributed by atoms with Gasteiger partial charge in [0.1, 0.15) is 0 Å². The van der Waals surface area contributed by atoms with E-state index in [1.165, 1.54) is 0 Å². The molecule has 0 aliphatic rings. The Labute approximate surface area is 53.7 Å². The minimum Gasteiger partial charge on any atom is -0.412 e. The molecule has 0 aromatic rings. The summed E-state index contributed by atoms with van der Waals surface area (Å²) < 4.78 is 5.17. The Bertz CT molecular complexity index is 70.9. The molecule has 0 aliphatic carbocycles. The third-order valence-electron chi connectivity index (χ3n) is 0.553. The second-order valence-corrected chi connectivity index (χ2v) is 3.08. The summed E-state index contributed by atoms with van der Waals surface area (Å²) in [5.74, 6) is 0. The first-order valence-electron chi connectivity index (χ1n) is 2.80. The molecular weight excluding hydrogens is 116 g/mol. The predicted molar refractivity (Wildman–Crippen MR) is 36.8 cm³/mol. The largest absolute Gasteiger partial charge is 0.412 e. The molecular formula is C6H12OSi. The molecule has 0 rings (SSSR count). The van der Waals surface area contributed by atoms with Gasteiger partial charge in [0.2, 0.25) is 0 Å². The van der Waals surface area contributed by atoms with Crippen LogP contribution < -0.4 is 0 Å². The molecule has 0 bridgehead atoms. The molecule has 46 valence electrons. The van der Waals surface area contributed by atoms with Crippen molar-refractivity contribution in [3.05, 3.63) is 11.8 Å². The summed E-state index contributed by atoms with van der Waals surface area (Å²) in [6, 6.07) is 0. The van der Waals surface area contributed by atoms with Crippen molar-refractivity contribution in [3.63, 3.8) is 0 Å². The summed E-state index contributed by atoms with van der Waals surface area (Å²) in [6.07, 6.45) is 1.10. The lowest BCUT2D eigenvalue weighted by molar-refractivity contribution is 0.339. The topological polar surface area (TPSA) is 9.23 Å². The molecule has 0 saturated heterocycles. The van der Waals surface area contributed by atoms with Crippen molar-refractivity contribution in [2.24, 2.45) is 0 Å². The second kappa shape index (κ2) is 5.06. The monoisotopic (exact) mass is 128 g/mol. The molecule has 0 amide bonds. The van der Waals surface area contributed by atoms with Crippen LogP contribution in [0.2, 0.25) is 0 Å². The molecule has 0 aromatic carbocycles. The van der Waals surface area contributed by atoms with Gasteiger partial charge in [-0.2, -0.15) is 0 Å². The first kappa shape index (κ1) is 7.92. The van der Waals surface area contributed by atoms with Crippen LogP contribution in [0.15, 0.2) is 11.8 Å². The Hall–Kier alpha value is -0.0831.